The van der Waals surface area contributed by atoms with Crippen LogP contribution in [-0.2, 0) is 0 Å². The summed E-state index contributed by atoms with van der Waals surface area (Å²) in [6.45, 7) is 0. The standard InChI is InChI=1S/C6H6N4/c1-2-4-10-6(7-3-1)5-8-9-10/h1-5,7H. The van der Waals surface area contributed by atoms with Crippen molar-refractivity contribution in [3.05, 3.63) is 24.5 Å². The molecule has 4 heteroatoms. The summed E-state index contributed by atoms with van der Waals surface area (Å²) >= 11 is 0. The molecular formula is C6H6N4. The third-order valence-electron chi connectivity index (χ3n) is 1.24. The number of hydrogen-bond acceptors (Lipinski definition) is 3. The van der Waals surface area contributed by atoms with Gasteiger partial charge in [0.1, 0.15) is 0 Å². The molecule has 1 aliphatic heterocycles. The fraction of sp³-hybridized carbons (Fsp3) is 0. The summed E-state index contributed by atoms with van der Waals surface area (Å²) in [5.41, 5.74) is 0. The minimum absolute atomic E-state index is 0.880. The van der Waals surface area contributed by atoms with E-state index in [2.05, 4.69) is 15.6 Å². The van der Waals surface area contributed by atoms with Crippen LogP contribution in [0, 0.1) is 0 Å². The maximum Gasteiger partial charge on any atom is 0.153 e. The highest BCUT2D eigenvalue weighted by molar-refractivity contribution is 5.46. The molecule has 0 atom stereocenters. The van der Waals surface area contributed by atoms with Crippen LogP contribution >= 0.6 is 0 Å². The first-order valence-electron chi connectivity index (χ1n) is 2.97. The Bertz CT molecular complexity index is 284. The third kappa shape index (κ3) is 0.699. The Morgan fingerprint density at radius 1 is 1.40 bits per heavy atom. The van der Waals surface area contributed by atoms with Gasteiger partial charge in [-0.15, -0.1) is 5.10 Å². The van der Waals surface area contributed by atoms with Gasteiger partial charge in [0, 0.05) is 12.4 Å². The smallest absolute Gasteiger partial charge is 0.153 e. The highest BCUT2D eigenvalue weighted by Crippen LogP contribution is 2.06. The average Bonchev–Trinajstić information content (AvgIpc) is 2.28. The molecule has 10 heavy (non-hydrogen) atoms. The molecule has 0 aromatic carbocycles. The zero-order chi connectivity index (χ0) is 6.81. The van der Waals surface area contributed by atoms with Gasteiger partial charge in [-0.05, 0) is 12.2 Å². The quantitative estimate of drug-likeness (QED) is 0.567. The molecule has 2 heterocycles. The van der Waals surface area contributed by atoms with Crippen LogP contribution in [0.3, 0.4) is 0 Å². The van der Waals surface area contributed by atoms with E-state index >= 15 is 0 Å². The van der Waals surface area contributed by atoms with Crippen LogP contribution in [0.1, 0.15) is 0 Å². The second kappa shape index (κ2) is 1.98. The van der Waals surface area contributed by atoms with Gasteiger partial charge in [0.25, 0.3) is 0 Å². The Kier molecular flexibility index (Phi) is 1.04. The summed E-state index contributed by atoms with van der Waals surface area (Å²) in [6.07, 6.45) is 9.12. The van der Waals surface area contributed by atoms with Crippen molar-refractivity contribution in [2.75, 3.05) is 5.32 Å². The van der Waals surface area contributed by atoms with Crippen LogP contribution in [-0.4, -0.2) is 15.0 Å². The van der Waals surface area contributed by atoms with E-state index in [0.717, 1.165) is 5.82 Å². The number of hydrogen-bond donors (Lipinski definition) is 1. The molecule has 0 aliphatic carbocycles. The normalized spacial score (nSPS) is 14.0. The van der Waals surface area contributed by atoms with Gasteiger partial charge in [-0.1, -0.05) is 5.21 Å². The van der Waals surface area contributed by atoms with E-state index in [1.807, 2.05) is 24.6 Å². The van der Waals surface area contributed by atoms with Crippen molar-refractivity contribution < 1.29 is 0 Å². The van der Waals surface area contributed by atoms with Gasteiger partial charge in [0.2, 0.25) is 0 Å². The molecule has 1 aliphatic rings. The van der Waals surface area contributed by atoms with Crippen molar-refractivity contribution in [2.45, 2.75) is 0 Å². The Labute approximate surface area is 57.9 Å². The van der Waals surface area contributed by atoms with Gasteiger partial charge in [0.15, 0.2) is 5.82 Å². The van der Waals surface area contributed by atoms with Gasteiger partial charge in [-0.3, -0.25) is 0 Å². The van der Waals surface area contributed by atoms with Crippen molar-refractivity contribution in [2.24, 2.45) is 0 Å². The predicted octanol–water partition coefficient (Wildman–Crippen LogP) is 0.688. The topological polar surface area (TPSA) is 42.7 Å². The van der Waals surface area contributed by atoms with Crippen molar-refractivity contribution >= 4 is 12.0 Å². The first kappa shape index (κ1) is 5.22. The molecule has 0 saturated carbocycles. The molecule has 0 saturated heterocycles. The monoisotopic (exact) mass is 134 g/mol. The minimum atomic E-state index is 0.880. The molecule has 4 nitrogen and oxygen atoms in total. The summed E-state index contributed by atoms with van der Waals surface area (Å²) in [7, 11) is 0. The van der Waals surface area contributed by atoms with Crippen molar-refractivity contribution in [1.82, 2.24) is 15.0 Å². The molecule has 0 amide bonds. The van der Waals surface area contributed by atoms with Crippen LogP contribution in [0.4, 0.5) is 5.82 Å². The fourth-order valence-electron chi connectivity index (χ4n) is 0.777. The van der Waals surface area contributed by atoms with Gasteiger partial charge < -0.3 is 5.32 Å². The second-order valence-corrected chi connectivity index (χ2v) is 1.91. The number of aromatic nitrogens is 3. The van der Waals surface area contributed by atoms with Crippen molar-refractivity contribution in [3.8, 4) is 0 Å². The summed E-state index contributed by atoms with van der Waals surface area (Å²) in [5, 5.41) is 10.5. The number of anilines is 1. The van der Waals surface area contributed by atoms with Crippen LogP contribution in [0.25, 0.3) is 6.20 Å². The maximum atomic E-state index is 3.79. The second-order valence-electron chi connectivity index (χ2n) is 1.91. The van der Waals surface area contributed by atoms with E-state index in [9.17, 15) is 0 Å². The van der Waals surface area contributed by atoms with E-state index in [1.54, 1.807) is 10.9 Å². The SMILES string of the molecule is C1=CNc2cnnn2C=C1. The van der Waals surface area contributed by atoms with Crippen LogP contribution in [0.2, 0.25) is 0 Å². The number of nitrogens with zero attached hydrogens (tertiary/aromatic N) is 3. The molecule has 0 fully saturated rings. The van der Waals surface area contributed by atoms with E-state index in [4.69, 9.17) is 0 Å². The molecule has 0 unspecified atom stereocenters. The molecule has 0 spiro atoms. The molecule has 1 N–H and O–H groups in total. The van der Waals surface area contributed by atoms with Crippen LogP contribution < -0.4 is 5.32 Å². The van der Waals surface area contributed by atoms with E-state index < -0.39 is 0 Å². The maximum absolute atomic E-state index is 3.79. The lowest BCUT2D eigenvalue weighted by molar-refractivity contribution is 0.846. The number of fused-ring (bicyclic) bond motifs is 1. The summed E-state index contributed by atoms with van der Waals surface area (Å²) in [5.74, 6) is 0.880. The molecule has 50 valence electrons. The Morgan fingerprint density at radius 3 is 3.40 bits per heavy atom. The first-order valence-corrected chi connectivity index (χ1v) is 2.97. The number of allylic oxidation sites excluding steroid dienone is 2. The van der Waals surface area contributed by atoms with Gasteiger partial charge in [-0.25, -0.2) is 4.68 Å². The third-order valence-corrected chi connectivity index (χ3v) is 1.24. The molecule has 1 aromatic heterocycles. The Balaban J connectivity index is 2.50. The van der Waals surface area contributed by atoms with Crippen molar-refractivity contribution in [1.29, 1.82) is 0 Å². The summed E-state index contributed by atoms with van der Waals surface area (Å²) in [6, 6.07) is 0. The van der Waals surface area contributed by atoms with E-state index in [0.29, 0.717) is 0 Å². The van der Waals surface area contributed by atoms with Crippen molar-refractivity contribution in [3.63, 3.8) is 0 Å². The predicted molar refractivity (Wildman–Crippen MR) is 38.1 cm³/mol. The first-order chi connectivity index (χ1) is 4.97. The lowest BCUT2D eigenvalue weighted by Gasteiger charge is -1.94. The zero-order valence-corrected chi connectivity index (χ0v) is 5.23. The largest absolute Gasteiger partial charge is 0.345 e. The number of rotatable bonds is 0. The zero-order valence-electron chi connectivity index (χ0n) is 5.23. The number of nitrogens with one attached hydrogen (secondary N) is 1. The van der Waals surface area contributed by atoms with Crippen LogP contribution in [0.5, 0.6) is 0 Å². The lowest BCUT2D eigenvalue weighted by Crippen LogP contribution is -1.94. The van der Waals surface area contributed by atoms with Gasteiger partial charge >= 0.3 is 0 Å². The molecule has 0 bridgehead atoms. The minimum Gasteiger partial charge on any atom is -0.345 e. The highest BCUT2D eigenvalue weighted by atomic mass is 15.4. The Hall–Kier alpha value is -1.58. The van der Waals surface area contributed by atoms with Gasteiger partial charge in [-0.2, -0.15) is 0 Å². The molecule has 2 rings (SSSR count). The molecule has 1 aromatic rings. The Morgan fingerprint density at radius 2 is 2.40 bits per heavy atom. The molecular weight excluding hydrogens is 128 g/mol. The van der Waals surface area contributed by atoms with E-state index in [1.165, 1.54) is 0 Å². The lowest BCUT2D eigenvalue weighted by atomic mass is 10.6. The van der Waals surface area contributed by atoms with E-state index in [-0.39, 0.29) is 0 Å². The average molecular weight is 134 g/mol. The summed E-state index contributed by atoms with van der Waals surface area (Å²) in [4.78, 5) is 0. The van der Waals surface area contributed by atoms with Gasteiger partial charge in [0.05, 0.1) is 6.20 Å². The highest BCUT2D eigenvalue weighted by Gasteiger charge is 1.97. The molecule has 0 radical (unpaired) electrons. The summed E-state index contributed by atoms with van der Waals surface area (Å²) < 4.78 is 1.67. The van der Waals surface area contributed by atoms with Crippen LogP contribution in [0.15, 0.2) is 24.5 Å². The fourth-order valence-corrected chi connectivity index (χ4v) is 0.777.